The minimum absolute atomic E-state index is 0.232. The summed E-state index contributed by atoms with van der Waals surface area (Å²) < 4.78 is 2.06. The predicted molar refractivity (Wildman–Crippen MR) is 78.3 cm³/mol. The van der Waals surface area contributed by atoms with Gasteiger partial charge in [-0.25, -0.2) is 0 Å². The first kappa shape index (κ1) is 15.5. The molecule has 0 radical (unpaired) electrons. The maximum atomic E-state index is 6.47. The molecule has 0 aliphatic carbocycles. The molecular formula is C14H26ClN3. The zero-order valence-electron chi connectivity index (χ0n) is 12.3. The van der Waals surface area contributed by atoms with Crippen molar-refractivity contribution in [3.63, 3.8) is 0 Å². The lowest BCUT2D eigenvalue weighted by atomic mass is 9.82. The van der Waals surface area contributed by atoms with Gasteiger partial charge in [-0.15, -0.1) is 0 Å². The molecule has 104 valence electrons. The van der Waals surface area contributed by atoms with Gasteiger partial charge in [-0.2, -0.15) is 5.10 Å². The highest BCUT2D eigenvalue weighted by Gasteiger charge is 2.26. The van der Waals surface area contributed by atoms with Gasteiger partial charge in [-0.1, -0.05) is 32.4 Å². The third-order valence-corrected chi connectivity index (χ3v) is 4.18. The van der Waals surface area contributed by atoms with Crippen LogP contribution in [0.2, 0.25) is 5.02 Å². The van der Waals surface area contributed by atoms with Gasteiger partial charge in [0.25, 0.3) is 0 Å². The van der Waals surface area contributed by atoms with Crippen LogP contribution in [0.15, 0.2) is 0 Å². The van der Waals surface area contributed by atoms with E-state index >= 15 is 0 Å². The molecule has 0 aliphatic rings. The van der Waals surface area contributed by atoms with Crippen LogP contribution in [0.3, 0.4) is 0 Å². The van der Waals surface area contributed by atoms with E-state index in [1.54, 1.807) is 0 Å². The molecule has 0 saturated heterocycles. The van der Waals surface area contributed by atoms with Gasteiger partial charge in [0, 0.05) is 13.1 Å². The Morgan fingerprint density at radius 2 is 2.00 bits per heavy atom. The number of nitrogens with zero attached hydrogens (tertiary/aromatic N) is 2. The molecule has 3 nitrogen and oxygen atoms in total. The van der Waals surface area contributed by atoms with Crippen molar-refractivity contribution < 1.29 is 0 Å². The summed E-state index contributed by atoms with van der Waals surface area (Å²) in [5.41, 5.74) is 2.45. The Hall–Kier alpha value is -0.540. The van der Waals surface area contributed by atoms with Gasteiger partial charge in [0.2, 0.25) is 0 Å². The van der Waals surface area contributed by atoms with E-state index in [-0.39, 0.29) is 5.41 Å². The van der Waals surface area contributed by atoms with Crippen molar-refractivity contribution in [1.29, 1.82) is 0 Å². The van der Waals surface area contributed by atoms with Crippen molar-refractivity contribution in [3.8, 4) is 0 Å². The van der Waals surface area contributed by atoms with Crippen LogP contribution in [-0.2, 0) is 19.4 Å². The van der Waals surface area contributed by atoms with Crippen LogP contribution < -0.4 is 5.32 Å². The third-order valence-electron chi connectivity index (χ3n) is 3.75. The fourth-order valence-electron chi connectivity index (χ4n) is 2.33. The number of hydrogen-bond donors (Lipinski definition) is 1. The summed E-state index contributed by atoms with van der Waals surface area (Å²) in [6.45, 7) is 10.6. The van der Waals surface area contributed by atoms with E-state index in [0.29, 0.717) is 0 Å². The molecule has 0 aliphatic heterocycles. The molecule has 0 bridgehead atoms. The van der Waals surface area contributed by atoms with Crippen LogP contribution in [-0.4, -0.2) is 23.4 Å². The van der Waals surface area contributed by atoms with E-state index in [1.165, 1.54) is 5.69 Å². The molecule has 0 spiro atoms. The van der Waals surface area contributed by atoms with Crippen molar-refractivity contribution in [3.05, 3.63) is 16.4 Å². The summed E-state index contributed by atoms with van der Waals surface area (Å²) in [7, 11) is 2.00. The van der Waals surface area contributed by atoms with E-state index in [4.69, 9.17) is 11.6 Å². The quantitative estimate of drug-likeness (QED) is 0.825. The normalized spacial score (nSPS) is 14.8. The minimum atomic E-state index is 0.232. The van der Waals surface area contributed by atoms with Crippen LogP contribution >= 0.6 is 11.6 Å². The van der Waals surface area contributed by atoms with Gasteiger partial charge in [0.05, 0.1) is 16.4 Å². The highest BCUT2D eigenvalue weighted by atomic mass is 35.5. The Kier molecular flexibility index (Phi) is 5.67. The van der Waals surface area contributed by atoms with Crippen LogP contribution in [0.5, 0.6) is 0 Å². The summed E-state index contributed by atoms with van der Waals surface area (Å²) in [5.74, 6) is 0. The Balaban J connectivity index is 3.05. The minimum Gasteiger partial charge on any atom is -0.319 e. The lowest BCUT2D eigenvalue weighted by Gasteiger charge is -2.28. The smallest absolute Gasteiger partial charge is 0.0850 e. The molecule has 1 unspecified atom stereocenters. The first-order valence-corrected chi connectivity index (χ1v) is 7.27. The second-order valence-corrected chi connectivity index (χ2v) is 5.63. The summed E-state index contributed by atoms with van der Waals surface area (Å²) in [6, 6.07) is 0. The molecule has 4 heteroatoms. The van der Waals surface area contributed by atoms with Crippen LogP contribution in [0.1, 0.15) is 45.5 Å². The first-order valence-electron chi connectivity index (χ1n) is 6.90. The van der Waals surface area contributed by atoms with Crippen molar-refractivity contribution in [2.75, 3.05) is 13.6 Å². The fourth-order valence-corrected chi connectivity index (χ4v) is 2.67. The Morgan fingerprint density at radius 1 is 1.33 bits per heavy atom. The molecule has 0 amide bonds. The number of aromatic nitrogens is 2. The van der Waals surface area contributed by atoms with Crippen LogP contribution in [0, 0.1) is 5.41 Å². The van der Waals surface area contributed by atoms with Crippen molar-refractivity contribution in [2.24, 2.45) is 5.41 Å². The van der Waals surface area contributed by atoms with E-state index in [1.807, 2.05) is 7.05 Å². The average Bonchev–Trinajstić information content (AvgIpc) is 2.66. The van der Waals surface area contributed by atoms with E-state index in [0.717, 1.165) is 43.1 Å². The summed E-state index contributed by atoms with van der Waals surface area (Å²) in [4.78, 5) is 0. The summed E-state index contributed by atoms with van der Waals surface area (Å²) in [5, 5.41) is 8.74. The molecule has 0 aromatic carbocycles. The summed E-state index contributed by atoms with van der Waals surface area (Å²) in [6.07, 6.45) is 3.00. The largest absolute Gasteiger partial charge is 0.319 e. The topological polar surface area (TPSA) is 29.9 Å². The first-order chi connectivity index (χ1) is 8.51. The highest BCUT2D eigenvalue weighted by molar-refractivity contribution is 6.31. The Morgan fingerprint density at radius 3 is 2.44 bits per heavy atom. The summed E-state index contributed by atoms with van der Waals surface area (Å²) >= 11 is 6.47. The number of aryl methyl sites for hydroxylation is 2. The predicted octanol–water partition coefficient (Wildman–Crippen LogP) is 3.30. The zero-order valence-corrected chi connectivity index (χ0v) is 13.1. The van der Waals surface area contributed by atoms with Gasteiger partial charge in [-0.3, -0.25) is 4.68 Å². The molecule has 18 heavy (non-hydrogen) atoms. The lowest BCUT2D eigenvalue weighted by molar-refractivity contribution is 0.291. The maximum absolute atomic E-state index is 6.47. The van der Waals surface area contributed by atoms with Crippen molar-refractivity contribution in [1.82, 2.24) is 15.1 Å². The second kappa shape index (κ2) is 6.58. The number of halogens is 1. The van der Waals surface area contributed by atoms with Crippen LogP contribution in [0.25, 0.3) is 0 Å². The van der Waals surface area contributed by atoms with Gasteiger partial charge in [-0.05, 0) is 38.6 Å². The number of rotatable bonds is 7. The molecule has 1 aromatic heterocycles. The molecule has 1 rings (SSSR count). The van der Waals surface area contributed by atoms with Gasteiger partial charge < -0.3 is 5.32 Å². The van der Waals surface area contributed by atoms with E-state index < -0.39 is 0 Å². The average molecular weight is 272 g/mol. The zero-order chi connectivity index (χ0) is 13.8. The van der Waals surface area contributed by atoms with E-state index in [9.17, 15) is 0 Å². The third kappa shape index (κ3) is 3.27. The molecule has 1 atom stereocenters. The Bertz CT molecular complexity index is 387. The highest BCUT2D eigenvalue weighted by Crippen LogP contribution is 2.31. The van der Waals surface area contributed by atoms with Gasteiger partial charge in [0.15, 0.2) is 0 Å². The molecule has 0 fully saturated rings. The van der Waals surface area contributed by atoms with Crippen molar-refractivity contribution in [2.45, 2.75) is 53.5 Å². The molecular weight excluding hydrogens is 246 g/mol. The molecule has 0 saturated carbocycles. The van der Waals surface area contributed by atoms with Gasteiger partial charge >= 0.3 is 0 Å². The standard InChI is InChI=1S/C14H26ClN3/c1-6-11-13(15)12(18(8-3)17-11)9-14(4,7-2)10-16-5/h16H,6-10H2,1-5H3. The molecule has 1 N–H and O–H groups in total. The van der Waals surface area contributed by atoms with E-state index in [2.05, 4.69) is 42.8 Å². The monoisotopic (exact) mass is 271 g/mol. The second-order valence-electron chi connectivity index (χ2n) is 5.25. The number of nitrogens with one attached hydrogen (secondary N) is 1. The lowest BCUT2D eigenvalue weighted by Crippen LogP contribution is -2.32. The molecule has 1 heterocycles. The van der Waals surface area contributed by atoms with Crippen molar-refractivity contribution >= 4 is 11.6 Å². The maximum Gasteiger partial charge on any atom is 0.0850 e. The Labute approximate surface area is 116 Å². The van der Waals surface area contributed by atoms with Crippen LogP contribution in [0.4, 0.5) is 0 Å². The van der Waals surface area contributed by atoms with Gasteiger partial charge in [0.1, 0.15) is 0 Å². The fraction of sp³-hybridized carbons (Fsp3) is 0.786. The SMILES string of the molecule is CCc1nn(CC)c(CC(C)(CC)CNC)c1Cl. The molecule has 1 aromatic rings. The number of hydrogen-bond acceptors (Lipinski definition) is 2.